The Labute approximate surface area is 104 Å². The van der Waals surface area contributed by atoms with E-state index in [2.05, 4.69) is 35.2 Å². The van der Waals surface area contributed by atoms with Crippen molar-refractivity contribution in [2.45, 2.75) is 33.4 Å². The van der Waals surface area contributed by atoms with Gasteiger partial charge in [0.2, 0.25) is 0 Å². The second-order valence-corrected chi connectivity index (χ2v) is 5.26. The normalized spacial score (nSPS) is 27.5. The molecule has 1 fully saturated rings. The number of aryl methyl sites for hydroxylation is 1. The highest BCUT2D eigenvalue weighted by Crippen LogP contribution is 2.30. The van der Waals surface area contributed by atoms with Crippen molar-refractivity contribution in [2.24, 2.45) is 17.6 Å². The molecule has 3 atom stereocenters. The van der Waals surface area contributed by atoms with Crippen LogP contribution < -0.4 is 5.73 Å². The summed E-state index contributed by atoms with van der Waals surface area (Å²) in [6, 6.07) is 0.324. The van der Waals surface area contributed by atoms with Crippen LogP contribution in [0.1, 0.15) is 32.5 Å². The lowest BCUT2D eigenvalue weighted by Crippen LogP contribution is -2.33. The molecule has 0 saturated carbocycles. The highest BCUT2D eigenvalue weighted by molar-refractivity contribution is 5.07. The third-order valence-electron chi connectivity index (χ3n) is 4.11. The summed E-state index contributed by atoms with van der Waals surface area (Å²) in [5.74, 6) is 1.53. The Morgan fingerprint density at radius 2 is 2.06 bits per heavy atom. The molecular weight excluding hydrogens is 212 g/mol. The number of likely N-dealkylation sites (tertiary alicyclic amines) is 1. The molecule has 1 aliphatic heterocycles. The Hall–Kier alpha value is -0.870. The van der Waals surface area contributed by atoms with Gasteiger partial charge in [-0.05, 0) is 18.8 Å². The number of hydrogen-bond acceptors (Lipinski definition) is 3. The molecule has 0 spiro atoms. The zero-order chi connectivity index (χ0) is 12.4. The monoisotopic (exact) mass is 236 g/mol. The molecule has 4 heteroatoms. The quantitative estimate of drug-likeness (QED) is 0.861. The lowest BCUT2D eigenvalue weighted by molar-refractivity contribution is 0.231. The van der Waals surface area contributed by atoms with E-state index in [-0.39, 0.29) is 0 Å². The number of rotatable bonds is 4. The van der Waals surface area contributed by atoms with Crippen LogP contribution in [0.5, 0.6) is 0 Å². The predicted octanol–water partition coefficient (Wildman–Crippen LogP) is 1.49. The smallest absolute Gasteiger partial charge is 0.0948 e. The van der Waals surface area contributed by atoms with Gasteiger partial charge in [-0.15, -0.1) is 0 Å². The van der Waals surface area contributed by atoms with E-state index in [4.69, 9.17) is 5.73 Å². The standard InChI is InChI=1S/C13H24N4/c1-4-16-9-15-6-13(16)12(5-14)17-7-10(2)11(3)8-17/h6,9-12H,4-5,7-8,14H2,1-3H3. The van der Waals surface area contributed by atoms with Gasteiger partial charge in [0.15, 0.2) is 0 Å². The second kappa shape index (κ2) is 5.19. The Balaban J connectivity index is 2.17. The lowest BCUT2D eigenvalue weighted by Gasteiger charge is -2.27. The number of nitrogens with two attached hydrogens (primary N) is 1. The summed E-state index contributed by atoms with van der Waals surface area (Å²) in [5.41, 5.74) is 7.24. The summed E-state index contributed by atoms with van der Waals surface area (Å²) in [4.78, 5) is 6.76. The van der Waals surface area contributed by atoms with Gasteiger partial charge in [-0.2, -0.15) is 0 Å². The van der Waals surface area contributed by atoms with Gasteiger partial charge in [0.1, 0.15) is 0 Å². The van der Waals surface area contributed by atoms with E-state index < -0.39 is 0 Å². The van der Waals surface area contributed by atoms with Crippen molar-refractivity contribution in [3.05, 3.63) is 18.2 Å². The van der Waals surface area contributed by atoms with E-state index in [1.807, 2.05) is 12.5 Å². The molecule has 1 aromatic rings. The highest BCUT2D eigenvalue weighted by atomic mass is 15.2. The number of nitrogens with zero attached hydrogens (tertiary/aromatic N) is 3. The van der Waals surface area contributed by atoms with Crippen molar-refractivity contribution in [1.29, 1.82) is 0 Å². The average molecular weight is 236 g/mol. The van der Waals surface area contributed by atoms with Crippen molar-refractivity contribution in [1.82, 2.24) is 14.5 Å². The molecule has 0 aromatic carbocycles. The molecule has 0 amide bonds. The lowest BCUT2D eigenvalue weighted by atomic mass is 10.0. The highest BCUT2D eigenvalue weighted by Gasteiger charge is 2.32. The molecule has 96 valence electrons. The van der Waals surface area contributed by atoms with Crippen molar-refractivity contribution >= 4 is 0 Å². The van der Waals surface area contributed by atoms with Gasteiger partial charge in [-0.3, -0.25) is 4.90 Å². The van der Waals surface area contributed by atoms with Gasteiger partial charge in [0.05, 0.1) is 18.1 Å². The Morgan fingerprint density at radius 3 is 2.59 bits per heavy atom. The summed E-state index contributed by atoms with van der Waals surface area (Å²) in [6.45, 7) is 10.7. The molecule has 3 unspecified atom stereocenters. The first-order valence-electron chi connectivity index (χ1n) is 6.61. The fourth-order valence-electron chi connectivity index (χ4n) is 2.76. The topological polar surface area (TPSA) is 47.1 Å². The Bertz CT molecular complexity index is 350. The second-order valence-electron chi connectivity index (χ2n) is 5.26. The first-order chi connectivity index (χ1) is 8.17. The van der Waals surface area contributed by atoms with E-state index in [1.165, 1.54) is 5.69 Å². The average Bonchev–Trinajstić information content (AvgIpc) is 2.89. The third-order valence-corrected chi connectivity index (χ3v) is 4.11. The molecule has 17 heavy (non-hydrogen) atoms. The van der Waals surface area contributed by atoms with Crippen molar-refractivity contribution < 1.29 is 0 Å². The van der Waals surface area contributed by atoms with Crippen molar-refractivity contribution in [3.8, 4) is 0 Å². The minimum atomic E-state index is 0.324. The third kappa shape index (κ3) is 2.38. The van der Waals surface area contributed by atoms with Crippen LogP contribution in [-0.4, -0.2) is 34.1 Å². The van der Waals surface area contributed by atoms with Gasteiger partial charge in [-0.25, -0.2) is 4.98 Å². The molecular formula is C13H24N4. The summed E-state index contributed by atoms with van der Waals surface area (Å²) in [6.07, 6.45) is 3.87. The molecule has 1 saturated heterocycles. The fraction of sp³-hybridized carbons (Fsp3) is 0.769. The Morgan fingerprint density at radius 1 is 1.41 bits per heavy atom. The summed E-state index contributed by atoms with van der Waals surface area (Å²) in [7, 11) is 0. The fourth-order valence-corrected chi connectivity index (χ4v) is 2.76. The molecule has 4 nitrogen and oxygen atoms in total. The molecule has 0 aliphatic carbocycles. The maximum atomic E-state index is 5.98. The van der Waals surface area contributed by atoms with Crippen LogP contribution in [0.3, 0.4) is 0 Å². The van der Waals surface area contributed by atoms with E-state index >= 15 is 0 Å². The van der Waals surface area contributed by atoms with E-state index in [0.29, 0.717) is 12.6 Å². The molecule has 2 heterocycles. The minimum absolute atomic E-state index is 0.324. The summed E-state index contributed by atoms with van der Waals surface area (Å²) < 4.78 is 2.20. The van der Waals surface area contributed by atoms with Gasteiger partial charge in [0.25, 0.3) is 0 Å². The summed E-state index contributed by atoms with van der Waals surface area (Å²) >= 11 is 0. The Kier molecular flexibility index (Phi) is 3.84. The van der Waals surface area contributed by atoms with Crippen LogP contribution in [0.25, 0.3) is 0 Å². The number of hydrogen-bond donors (Lipinski definition) is 1. The molecule has 2 N–H and O–H groups in total. The van der Waals surface area contributed by atoms with Gasteiger partial charge >= 0.3 is 0 Å². The SMILES string of the molecule is CCn1cncc1C(CN)N1CC(C)C(C)C1. The van der Waals surface area contributed by atoms with Gasteiger partial charge in [-0.1, -0.05) is 13.8 Å². The first-order valence-corrected chi connectivity index (χ1v) is 6.61. The van der Waals surface area contributed by atoms with Crippen LogP contribution in [-0.2, 0) is 6.54 Å². The molecule has 0 radical (unpaired) electrons. The molecule has 0 bridgehead atoms. The zero-order valence-corrected chi connectivity index (χ0v) is 11.1. The van der Waals surface area contributed by atoms with Crippen LogP contribution >= 0.6 is 0 Å². The maximum absolute atomic E-state index is 5.98. The van der Waals surface area contributed by atoms with Crippen LogP contribution in [0.4, 0.5) is 0 Å². The van der Waals surface area contributed by atoms with Crippen LogP contribution in [0.15, 0.2) is 12.5 Å². The number of imidazole rings is 1. The van der Waals surface area contributed by atoms with E-state index in [9.17, 15) is 0 Å². The van der Waals surface area contributed by atoms with Crippen LogP contribution in [0.2, 0.25) is 0 Å². The number of aromatic nitrogens is 2. The van der Waals surface area contributed by atoms with Gasteiger partial charge < -0.3 is 10.3 Å². The van der Waals surface area contributed by atoms with Crippen molar-refractivity contribution in [3.63, 3.8) is 0 Å². The van der Waals surface area contributed by atoms with E-state index in [0.717, 1.165) is 31.5 Å². The first kappa shape index (κ1) is 12.6. The predicted molar refractivity (Wildman–Crippen MR) is 69.6 cm³/mol. The minimum Gasteiger partial charge on any atom is -0.333 e. The molecule has 2 rings (SSSR count). The van der Waals surface area contributed by atoms with Crippen LogP contribution in [0, 0.1) is 11.8 Å². The summed E-state index contributed by atoms with van der Waals surface area (Å²) in [5, 5.41) is 0. The zero-order valence-electron chi connectivity index (χ0n) is 11.1. The largest absolute Gasteiger partial charge is 0.333 e. The van der Waals surface area contributed by atoms with Gasteiger partial charge in [0, 0.05) is 32.4 Å². The molecule has 1 aromatic heterocycles. The molecule has 1 aliphatic rings. The maximum Gasteiger partial charge on any atom is 0.0948 e. The van der Waals surface area contributed by atoms with Crippen molar-refractivity contribution in [2.75, 3.05) is 19.6 Å². The van der Waals surface area contributed by atoms with E-state index in [1.54, 1.807) is 0 Å².